The van der Waals surface area contributed by atoms with Crippen LogP contribution in [-0.2, 0) is 6.18 Å². The Bertz CT molecular complexity index is 335. The van der Waals surface area contributed by atoms with Crippen LogP contribution in [0.25, 0.3) is 0 Å². The van der Waals surface area contributed by atoms with Crippen molar-refractivity contribution in [2.45, 2.75) is 12.6 Å². The molecule has 0 aliphatic rings. The van der Waals surface area contributed by atoms with Gasteiger partial charge in [-0.05, 0) is 28.7 Å². The molecule has 0 unspecified atom stereocenters. The van der Waals surface area contributed by atoms with Crippen molar-refractivity contribution >= 4 is 22.6 Å². The van der Waals surface area contributed by atoms with Gasteiger partial charge in [-0.2, -0.15) is 13.2 Å². The highest BCUT2D eigenvalue weighted by molar-refractivity contribution is 14.1. The Kier molecular flexibility index (Phi) is 3.28. The Labute approximate surface area is 89.5 Å². The summed E-state index contributed by atoms with van der Waals surface area (Å²) in [6.07, 6.45) is -6.83. The lowest BCUT2D eigenvalue weighted by atomic mass is 10.2. The van der Waals surface area contributed by atoms with Crippen molar-refractivity contribution in [1.82, 2.24) is 4.98 Å². The van der Waals surface area contributed by atoms with Crippen LogP contribution in [0.4, 0.5) is 22.0 Å². The Morgan fingerprint density at radius 2 is 1.86 bits per heavy atom. The molecule has 0 bridgehead atoms. The zero-order chi connectivity index (χ0) is 10.9. The lowest BCUT2D eigenvalue weighted by molar-refractivity contribution is -0.141. The number of halogens is 6. The van der Waals surface area contributed by atoms with E-state index in [1.54, 1.807) is 0 Å². The summed E-state index contributed by atoms with van der Waals surface area (Å²) in [6, 6.07) is 0.367. The topological polar surface area (TPSA) is 12.9 Å². The first-order chi connectivity index (χ1) is 6.32. The van der Waals surface area contributed by atoms with Gasteiger partial charge in [0.25, 0.3) is 6.43 Å². The van der Waals surface area contributed by atoms with Crippen LogP contribution in [0.15, 0.2) is 12.3 Å². The highest BCUT2D eigenvalue weighted by Crippen LogP contribution is 2.32. The number of alkyl halides is 5. The first kappa shape index (κ1) is 11.6. The Morgan fingerprint density at radius 1 is 1.29 bits per heavy atom. The van der Waals surface area contributed by atoms with Crippen LogP contribution >= 0.6 is 22.6 Å². The molecular formula is C7H3F5IN. The second-order valence-corrected chi connectivity index (χ2v) is 3.55. The van der Waals surface area contributed by atoms with Crippen LogP contribution in [0.1, 0.15) is 17.7 Å². The molecule has 1 heterocycles. The molecule has 0 fully saturated rings. The van der Waals surface area contributed by atoms with Gasteiger partial charge in [0.15, 0.2) is 0 Å². The molecule has 0 atom stereocenters. The van der Waals surface area contributed by atoms with Gasteiger partial charge >= 0.3 is 6.18 Å². The van der Waals surface area contributed by atoms with E-state index in [1.807, 2.05) is 0 Å². The van der Waals surface area contributed by atoms with E-state index in [4.69, 9.17) is 0 Å². The lowest BCUT2D eigenvalue weighted by Gasteiger charge is -2.08. The smallest absolute Gasteiger partial charge is 0.251 e. The number of hydrogen-bond donors (Lipinski definition) is 0. The Hall–Kier alpha value is -0.470. The fraction of sp³-hybridized carbons (Fsp3) is 0.286. The van der Waals surface area contributed by atoms with Gasteiger partial charge in [-0.1, -0.05) is 0 Å². The normalized spacial score (nSPS) is 12.2. The third-order valence-corrected chi connectivity index (χ3v) is 2.31. The van der Waals surface area contributed by atoms with Crippen molar-refractivity contribution in [2.75, 3.05) is 0 Å². The van der Waals surface area contributed by atoms with Crippen molar-refractivity contribution < 1.29 is 22.0 Å². The van der Waals surface area contributed by atoms with Gasteiger partial charge < -0.3 is 0 Å². The van der Waals surface area contributed by atoms with Crippen molar-refractivity contribution in [3.05, 3.63) is 27.1 Å². The van der Waals surface area contributed by atoms with E-state index in [1.165, 1.54) is 22.6 Å². The zero-order valence-electron chi connectivity index (χ0n) is 6.45. The van der Waals surface area contributed by atoms with E-state index in [2.05, 4.69) is 4.98 Å². The summed E-state index contributed by atoms with van der Waals surface area (Å²) < 4.78 is 60.6. The standard InChI is InChI=1S/C7H3F5IN/c8-6(9)3-1-5(7(10,11)12)14-2-4(3)13/h1-2,6H. The van der Waals surface area contributed by atoms with Crippen molar-refractivity contribution in [3.8, 4) is 0 Å². The molecule has 1 aromatic rings. The molecule has 0 aliphatic carbocycles. The van der Waals surface area contributed by atoms with Crippen LogP contribution in [0, 0.1) is 3.57 Å². The number of pyridine rings is 1. The van der Waals surface area contributed by atoms with Crippen molar-refractivity contribution in [2.24, 2.45) is 0 Å². The van der Waals surface area contributed by atoms with E-state index in [0.29, 0.717) is 6.07 Å². The summed E-state index contributed by atoms with van der Waals surface area (Å²) in [4.78, 5) is 3.03. The molecular weight excluding hydrogens is 320 g/mol. The fourth-order valence-electron chi connectivity index (χ4n) is 0.777. The minimum atomic E-state index is -4.69. The predicted octanol–water partition coefficient (Wildman–Crippen LogP) is 3.64. The third-order valence-electron chi connectivity index (χ3n) is 1.41. The molecule has 0 aromatic carbocycles. The second-order valence-electron chi connectivity index (χ2n) is 2.39. The molecule has 0 spiro atoms. The van der Waals surface area contributed by atoms with Crippen molar-refractivity contribution in [3.63, 3.8) is 0 Å². The number of rotatable bonds is 1. The molecule has 0 radical (unpaired) electrons. The van der Waals surface area contributed by atoms with E-state index in [-0.39, 0.29) is 3.57 Å². The van der Waals surface area contributed by atoms with Gasteiger partial charge in [0, 0.05) is 15.3 Å². The van der Waals surface area contributed by atoms with Gasteiger partial charge in [-0.25, -0.2) is 8.78 Å². The summed E-state index contributed by atoms with van der Waals surface area (Å²) >= 11 is 1.51. The average Bonchev–Trinajstić information content (AvgIpc) is 2.02. The minimum Gasteiger partial charge on any atom is -0.251 e. The van der Waals surface area contributed by atoms with Gasteiger partial charge in [0.1, 0.15) is 5.69 Å². The lowest BCUT2D eigenvalue weighted by Crippen LogP contribution is -2.09. The fourth-order valence-corrected chi connectivity index (χ4v) is 1.31. The molecule has 0 saturated carbocycles. The van der Waals surface area contributed by atoms with Crippen LogP contribution in [0.2, 0.25) is 0 Å². The SMILES string of the molecule is FC(F)c1cc(C(F)(F)F)ncc1I. The van der Waals surface area contributed by atoms with E-state index in [0.717, 1.165) is 6.20 Å². The first-order valence-electron chi connectivity index (χ1n) is 3.33. The summed E-state index contributed by atoms with van der Waals surface area (Å²) in [6.45, 7) is 0. The summed E-state index contributed by atoms with van der Waals surface area (Å²) in [5.41, 5.74) is -1.94. The summed E-state index contributed by atoms with van der Waals surface area (Å²) in [5, 5.41) is 0. The van der Waals surface area contributed by atoms with Crippen LogP contribution < -0.4 is 0 Å². The van der Waals surface area contributed by atoms with Crippen LogP contribution in [0.3, 0.4) is 0 Å². The molecule has 78 valence electrons. The van der Waals surface area contributed by atoms with E-state index >= 15 is 0 Å². The number of nitrogens with zero attached hydrogens (tertiary/aromatic N) is 1. The molecule has 1 nitrogen and oxygen atoms in total. The molecule has 0 aliphatic heterocycles. The Balaban J connectivity index is 3.20. The largest absolute Gasteiger partial charge is 0.433 e. The Morgan fingerprint density at radius 3 is 2.29 bits per heavy atom. The first-order valence-corrected chi connectivity index (χ1v) is 4.41. The second kappa shape index (κ2) is 3.95. The molecule has 0 saturated heterocycles. The van der Waals surface area contributed by atoms with Crippen molar-refractivity contribution in [1.29, 1.82) is 0 Å². The summed E-state index contributed by atoms with van der Waals surface area (Å²) in [5.74, 6) is 0. The quantitative estimate of drug-likeness (QED) is 0.568. The molecule has 0 N–H and O–H groups in total. The number of aromatic nitrogens is 1. The molecule has 0 amide bonds. The van der Waals surface area contributed by atoms with Crippen LogP contribution in [0.5, 0.6) is 0 Å². The predicted molar refractivity (Wildman–Crippen MR) is 46.9 cm³/mol. The van der Waals surface area contributed by atoms with E-state index < -0.39 is 23.9 Å². The van der Waals surface area contributed by atoms with Gasteiger partial charge in [-0.15, -0.1) is 0 Å². The zero-order valence-corrected chi connectivity index (χ0v) is 8.60. The molecule has 7 heteroatoms. The highest BCUT2D eigenvalue weighted by Gasteiger charge is 2.33. The number of hydrogen-bond acceptors (Lipinski definition) is 1. The van der Waals surface area contributed by atoms with Gasteiger partial charge in [0.2, 0.25) is 0 Å². The molecule has 14 heavy (non-hydrogen) atoms. The maximum Gasteiger partial charge on any atom is 0.433 e. The van der Waals surface area contributed by atoms with Gasteiger partial charge in [-0.3, -0.25) is 4.98 Å². The minimum absolute atomic E-state index is 0.0191. The highest BCUT2D eigenvalue weighted by atomic mass is 127. The van der Waals surface area contributed by atoms with E-state index in [9.17, 15) is 22.0 Å². The molecule has 1 rings (SSSR count). The average molecular weight is 323 g/mol. The monoisotopic (exact) mass is 323 g/mol. The maximum atomic E-state index is 12.2. The van der Waals surface area contributed by atoms with Gasteiger partial charge in [0.05, 0.1) is 0 Å². The van der Waals surface area contributed by atoms with Crippen LogP contribution in [-0.4, -0.2) is 4.98 Å². The third kappa shape index (κ3) is 2.52. The molecule has 1 aromatic heterocycles. The summed E-state index contributed by atoms with van der Waals surface area (Å²) in [7, 11) is 0. The maximum absolute atomic E-state index is 12.2.